The lowest BCUT2D eigenvalue weighted by Gasteiger charge is -2.41. The Morgan fingerprint density at radius 2 is 2.24 bits per heavy atom. The summed E-state index contributed by atoms with van der Waals surface area (Å²) < 4.78 is 11.0. The zero-order valence-electron chi connectivity index (χ0n) is 12.4. The van der Waals surface area contributed by atoms with Gasteiger partial charge in [-0.3, -0.25) is 4.79 Å². The molecule has 2 fully saturated rings. The van der Waals surface area contributed by atoms with Gasteiger partial charge in [0.1, 0.15) is 11.9 Å². The van der Waals surface area contributed by atoms with Crippen LogP contribution in [0.1, 0.15) is 27.2 Å². The van der Waals surface area contributed by atoms with Crippen molar-refractivity contribution in [1.29, 1.82) is 0 Å². The molecule has 4 rings (SSSR count). The molecule has 1 heterocycles. The number of allylic oxidation sites excluding steroid dienone is 1. The quantitative estimate of drug-likeness (QED) is 0.549. The van der Waals surface area contributed by atoms with Crippen molar-refractivity contribution in [2.75, 3.05) is 0 Å². The number of carbonyl (C=O) groups is 2. The number of hydrogen-bond donors (Lipinski definition) is 0. The first-order valence-corrected chi connectivity index (χ1v) is 7.36. The van der Waals surface area contributed by atoms with E-state index in [9.17, 15) is 9.59 Å². The maximum absolute atomic E-state index is 11.9. The maximum atomic E-state index is 11.9. The number of ether oxygens (including phenoxy) is 2. The van der Waals surface area contributed by atoms with Crippen LogP contribution >= 0.6 is 0 Å². The Hall–Kier alpha value is -1.84. The Morgan fingerprint density at radius 3 is 2.90 bits per heavy atom. The van der Waals surface area contributed by atoms with Gasteiger partial charge in [0.2, 0.25) is 0 Å². The second-order valence-electron chi connectivity index (χ2n) is 6.83. The van der Waals surface area contributed by atoms with E-state index in [1.807, 2.05) is 0 Å². The van der Waals surface area contributed by atoms with Gasteiger partial charge in [-0.25, -0.2) is 4.79 Å². The SMILES string of the molecule is C=C1[C@H]2C[C@H]2[C@]2(C)C=C3OC(=O)C(C)=C3[C@H](OC(C)=O)[C@@H]12. The van der Waals surface area contributed by atoms with Crippen LogP contribution in [0.5, 0.6) is 0 Å². The van der Waals surface area contributed by atoms with Crippen LogP contribution in [0.4, 0.5) is 0 Å². The van der Waals surface area contributed by atoms with Crippen LogP contribution in [0.2, 0.25) is 0 Å². The minimum absolute atomic E-state index is 0.0494. The van der Waals surface area contributed by atoms with E-state index in [0.717, 1.165) is 17.6 Å². The molecule has 0 bridgehead atoms. The van der Waals surface area contributed by atoms with Crippen molar-refractivity contribution in [2.45, 2.75) is 33.3 Å². The van der Waals surface area contributed by atoms with Gasteiger partial charge in [0, 0.05) is 29.4 Å². The third-order valence-corrected chi connectivity index (χ3v) is 5.64. The molecule has 0 radical (unpaired) electrons. The van der Waals surface area contributed by atoms with Gasteiger partial charge in [0.15, 0.2) is 0 Å². The second-order valence-corrected chi connectivity index (χ2v) is 6.83. The molecular formula is C17H18O4. The Kier molecular flexibility index (Phi) is 2.25. The predicted molar refractivity (Wildman–Crippen MR) is 74.8 cm³/mol. The fourth-order valence-corrected chi connectivity index (χ4v) is 4.61. The lowest BCUT2D eigenvalue weighted by Crippen LogP contribution is -2.42. The van der Waals surface area contributed by atoms with E-state index in [1.54, 1.807) is 6.92 Å². The van der Waals surface area contributed by atoms with Gasteiger partial charge in [-0.05, 0) is 31.3 Å². The molecule has 0 unspecified atom stereocenters. The van der Waals surface area contributed by atoms with Crippen LogP contribution < -0.4 is 0 Å². The molecule has 3 aliphatic carbocycles. The molecular weight excluding hydrogens is 268 g/mol. The molecule has 5 atom stereocenters. The number of hydrogen-bond acceptors (Lipinski definition) is 4. The molecule has 0 saturated heterocycles. The van der Waals surface area contributed by atoms with Gasteiger partial charge in [0.25, 0.3) is 0 Å². The molecule has 4 heteroatoms. The van der Waals surface area contributed by atoms with Crippen molar-refractivity contribution in [2.24, 2.45) is 23.2 Å². The smallest absolute Gasteiger partial charge is 0.339 e. The molecule has 110 valence electrons. The first-order chi connectivity index (χ1) is 9.84. The molecule has 21 heavy (non-hydrogen) atoms. The van der Waals surface area contributed by atoms with Gasteiger partial charge in [0.05, 0.1) is 0 Å². The summed E-state index contributed by atoms with van der Waals surface area (Å²) in [6.45, 7) is 9.56. The molecule has 0 aromatic carbocycles. The minimum atomic E-state index is -0.445. The van der Waals surface area contributed by atoms with E-state index in [2.05, 4.69) is 19.6 Å². The van der Waals surface area contributed by atoms with Gasteiger partial charge < -0.3 is 9.47 Å². The van der Waals surface area contributed by atoms with E-state index in [0.29, 0.717) is 23.2 Å². The van der Waals surface area contributed by atoms with Crippen LogP contribution in [0, 0.1) is 23.2 Å². The molecule has 0 aromatic heterocycles. The summed E-state index contributed by atoms with van der Waals surface area (Å²) in [5.74, 6) is 1.01. The zero-order valence-corrected chi connectivity index (χ0v) is 12.4. The molecule has 2 saturated carbocycles. The number of carbonyl (C=O) groups excluding carboxylic acids is 2. The first-order valence-electron chi connectivity index (χ1n) is 7.36. The highest BCUT2D eigenvalue weighted by molar-refractivity contribution is 5.94. The Balaban J connectivity index is 1.90. The summed E-state index contributed by atoms with van der Waals surface area (Å²) in [6.07, 6.45) is 2.76. The average molecular weight is 286 g/mol. The highest BCUT2D eigenvalue weighted by atomic mass is 16.6. The highest BCUT2D eigenvalue weighted by Gasteiger charge is 2.67. The van der Waals surface area contributed by atoms with Crippen LogP contribution in [0.25, 0.3) is 0 Å². The van der Waals surface area contributed by atoms with Crippen LogP contribution in [-0.2, 0) is 19.1 Å². The molecule has 0 spiro atoms. The summed E-state index contributed by atoms with van der Waals surface area (Å²) in [6, 6.07) is 0. The molecule has 0 N–H and O–H groups in total. The lowest BCUT2D eigenvalue weighted by atomic mass is 9.66. The Bertz CT molecular complexity index is 668. The molecule has 0 aromatic rings. The van der Waals surface area contributed by atoms with Crippen molar-refractivity contribution in [3.05, 3.63) is 35.1 Å². The Morgan fingerprint density at radius 1 is 1.52 bits per heavy atom. The number of esters is 2. The van der Waals surface area contributed by atoms with Gasteiger partial charge >= 0.3 is 11.9 Å². The molecule has 4 aliphatic rings. The second kappa shape index (κ2) is 3.67. The largest absolute Gasteiger partial charge is 0.457 e. The summed E-state index contributed by atoms with van der Waals surface area (Å²) in [5, 5.41) is 0. The molecule has 1 aliphatic heterocycles. The summed E-state index contributed by atoms with van der Waals surface area (Å²) in [4.78, 5) is 23.4. The van der Waals surface area contributed by atoms with Gasteiger partial charge in [-0.15, -0.1) is 0 Å². The van der Waals surface area contributed by atoms with E-state index < -0.39 is 6.10 Å². The topological polar surface area (TPSA) is 52.6 Å². The highest BCUT2D eigenvalue weighted by Crippen LogP contribution is 2.71. The van der Waals surface area contributed by atoms with Crippen LogP contribution in [-0.4, -0.2) is 18.0 Å². The minimum Gasteiger partial charge on any atom is -0.457 e. The van der Waals surface area contributed by atoms with Crippen molar-refractivity contribution >= 4 is 11.9 Å². The number of fused-ring (bicyclic) bond motifs is 4. The van der Waals surface area contributed by atoms with E-state index in [4.69, 9.17) is 9.47 Å². The summed E-state index contributed by atoms with van der Waals surface area (Å²) >= 11 is 0. The fraction of sp³-hybridized carbons (Fsp3) is 0.529. The Labute approximate surface area is 123 Å². The van der Waals surface area contributed by atoms with Crippen molar-refractivity contribution in [3.63, 3.8) is 0 Å². The first kappa shape index (κ1) is 12.9. The van der Waals surface area contributed by atoms with Gasteiger partial charge in [-0.1, -0.05) is 19.1 Å². The summed E-state index contributed by atoms with van der Waals surface area (Å²) in [7, 11) is 0. The van der Waals surface area contributed by atoms with Crippen LogP contribution in [0.3, 0.4) is 0 Å². The van der Waals surface area contributed by atoms with E-state index in [1.165, 1.54) is 6.92 Å². The van der Waals surface area contributed by atoms with E-state index >= 15 is 0 Å². The third kappa shape index (κ3) is 1.45. The van der Waals surface area contributed by atoms with Crippen molar-refractivity contribution in [1.82, 2.24) is 0 Å². The van der Waals surface area contributed by atoms with E-state index in [-0.39, 0.29) is 23.3 Å². The van der Waals surface area contributed by atoms with Gasteiger partial charge in [-0.2, -0.15) is 0 Å². The number of rotatable bonds is 1. The maximum Gasteiger partial charge on any atom is 0.339 e. The normalized spacial score (nSPS) is 42.9. The fourth-order valence-electron chi connectivity index (χ4n) is 4.61. The van der Waals surface area contributed by atoms with Crippen molar-refractivity contribution < 1.29 is 19.1 Å². The average Bonchev–Trinajstić information content (AvgIpc) is 3.08. The van der Waals surface area contributed by atoms with Crippen molar-refractivity contribution in [3.8, 4) is 0 Å². The van der Waals surface area contributed by atoms with Crippen LogP contribution in [0.15, 0.2) is 35.1 Å². The predicted octanol–water partition coefficient (Wildman–Crippen LogP) is 2.52. The monoisotopic (exact) mass is 286 g/mol. The lowest BCUT2D eigenvalue weighted by molar-refractivity contribution is -0.148. The molecule has 0 amide bonds. The standard InChI is InChI=1S/C17H18O4/c1-7-10-5-11(10)17(4)6-12-13(8(2)16(19)21-12)15(14(7)17)20-9(3)18/h6,10-11,14-15H,1,5H2,2-4H3/t10-,11-,14-,15+,17+/m1/s1. The third-order valence-electron chi connectivity index (χ3n) is 5.64. The molecule has 4 nitrogen and oxygen atoms in total. The zero-order chi connectivity index (χ0) is 15.1. The summed E-state index contributed by atoms with van der Waals surface area (Å²) in [5.41, 5.74) is 2.30.